The Balaban J connectivity index is 2.43. The minimum Gasteiger partial charge on any atom is -0.450 e. The number of aryl methyl sites for hydroxylation is 1. The fourth-order valence-corrected chi connectivity index (χ4v) is 1.87. The molecule has 0 fully saturated rings. The highest BCUT2D eigenvalue weighted by atomic mass is 31.1. The van der Waals surface area contributed by atoms with Crippen molar-refractivity contribution in [1.82, 2.24) is 0 Å². The molecule has 1 aromatic rings. The first-order valence-corrected chi connectivity index (χ1v) is 5.61. The number of carbonyl (C=O) groups is 1. The summed E-state index contributed by atoms with van der Waals surface area (Å²) in [5.74, 6) is 0. The molecular formula is C11H15O2P. The van der Waals surface area contributed by atoms with Crippen molar-refractivity contribution in [3.05, 3.63) is 35.4 Å². The average molecular weight is 210 g/mol. The van der Waals surface area contributed by atoms with Crippen LogP contribution in [0.2, 0.25) is 0 Å². The molecule has 0 spiro atoms. The fraction of sp³-hybridized carbons (Fsp3) is 0.364. The van der Waals surface area contributed by atoms with Crippen LogP contribution in [-0.4, -0.2) is 12.1 Å². The summed E-state index contributed by atoms with van der Waals surface area (Å²) in [6.45, 7) is 4.68. The summed E-state index contributed by atoms with van der Waals surface area (Å²) in [5, 5.41) is 0. The zero-order chi connectivity index (χ0) is 10.4. The minimum atomic E-state index is 0.261. The highest BCUT2D eigenvalue weighted by molar-refractivity contribution is 7.33. The van der Waals surface area contributed by atoms with Crippen LogP contribution < -0.4 is 0 Å². The molecule has 3 heteroatoms. The molecule has 0 aliphatic carbocycles. The van der Waals surface area contributed by atoms with Crippen molar-refractivity contribution in [2.24, 2.45) is 0 Å². The van der Waals surface area contributed by atoms with Crippen LogP contribution in [0, 0.1) is 6.92 Å². The zero-order valence-corrected chi connectivity index (χ0v) is 9.49. The van der Waals surface area contributed by atoms with Gasteiger partial charge in [0.2, 0.25) is 0 Å². The van der Waals surface area contributed by atoms with Crippen molar-refractivity contribution in [2.75, 3.05) is 0 Å². The second kappa shape index (κ2) is 5.77. The van der Waals surface area contributed by atoms with Gasteiger partial charge >= 0.3 is 0 Å². The lowest BCUT2D eigenvalue weighted by Gasteiger charge is -2.09. The quantitative estimate of drug-likeness (QED) is 0.551. The summed E-state index contributed by atoms with van der Waals surface area (Å²) in [5.41, 5.74) is 2.97. The Labute approximate surface area is 86.5 Å². The molecule has 0 amide bonds. The van der Waals surface area contributed by atoms with Crippen LogP contribution >= 0.6 is 8.81 Å². The molecule has 0 radical (unpaired) electrons. The number of hydrogen-bond donors (Lipinski definition) is 0. The Hall–Kier alpha value is -0.880. The molecule has 2 unspecified atom stereocenters. The van der Waals surface area contributed by atoms with Crippen LogP contribution in [0.15, 0.2) is 24.3 Å². The number of hydrogen-bond acceptors (Lipinski definition) is 2. The summed E-state index contributed by atoms with van der Waals surface area (Å²) in [6.07, 6.45) is 0.965. The topological polar surface area (TPSA) is 26.3 Å². The van der Waals surface area contributed by atoms with E-state index in [9.17, 15) is 4.79 Å². The highest BCUT2D eigenvalue weighted by Gasteiger charge is 2.03. The first kappa shape index (κ1) is 11.2. The van der Waals surface area contributed by atoms with Crippen LogP contribution in [0.1, 0.15) is 18.1 Å². The van der Waals surface area contributed by atoms with Gasteiger partial charge in [-0.1, -0.05) is 36.8 Å². The maximum Gasteiger partial charge on any atom is 0.295 e. The van der Waals surface area contributed by atoms with Crippen molar-refractivity contribution in [3.63, 3.8) is 0 Å². The molecule has 1 rings (SSSR count). The molecule has 0 aliphatic heterocycles. The Kier molecular flexibility index (Phi) is 4.61. The van der Waals surface area contributed by atoms with E-state index in [1.54, 1.807) is 0 Å². The van der Waals surface area contributed by atoms with Gasteiger partial charge in [-0.25, -0.2) is 0 Å². The highest BCUT2D eigenvalue weighted by Crippen LogP contribution is 2.22. The molecule has 0 aliphatic rings. The van der Waals surface area contributed by atoms with Gasteiger partial charge in [-0.2, -0.15) is 0 Å². The van der Waals surface area contributed by atoms with Gasteiger partial charge < -0.3 is 4.52 Å². The molecule has 0 heterocycles. The minimum absolute atomic E-state index is 0.261. The van der Waals surface area contributed by atoms with E-state index < -0.39 is 0 Å². The van der Waals surface area contributed by atoms with Crippen molar-refractivity contribution in [1.29, 1.82) is 0 Å². The SMILES string of the molecule is Cc1ccc(CC(C)POC=O)cc1. The van der Waals surface area contributed by atoms with E-state index in [4.69, 9.17) is 4.52 Å². The smallest absolute Gasteiger partial charge is 0.295 e. The van der Waals surface area contributed by atoms with Crippen LogP contribution in [0.25, 0.3) is 0 Å². The predicted molar refractivity (Wildman–Crippen MR) is 59.8 cm³/mol. The van der Waals surface area contributed by atoms with Crippen LogP contribution in [-0.2, 0) is 15.7 Å². The Morgan fingerprint density at radius 2 is 2.07 bits per heavy atom. The summed E-state index contributed by atoms with van der Waals surface area (Å²) in [6, 6.07) is 8.45. The second-order valence-corrected chi connectivity index (χ2v) is 4.88. The standard InChI is InChI=1S/C11H15O2P/c1-9-3-5-11(6-4-9)7-10(2)14-13-8-12/h3-6,8,10,14H,7H2,1-2H3. The van der Waals surface area contributed by atoms with Gasteiger partial charge in [-0.15, -0.1) is 0 Å². The maximum atomic E-state index is 9.99. The van der Waals surface area contributed by atoms with E-state index in [0.717, 1.165) is 6.42 Å². The van der Waals surface area contributed by atoms with Gasteiger partial charge in [0.05, 0.1) is 8.81 Å². The van der Waals surface area contributed by atoms with Crippen LogP contribution in [0.3, 0.4) is 0 Å². The van der Waals surface area contributed by atoms with E-state index in [0.29, 0.717) is 12.1 Å². The average Bonchev–Trinajstić information content (AvgIpc) is 2.18. The monoisotopic (exact) mass is 210 g/mol. The molecular weight excluding hydrogens is 195 g/mol. The first-order chi connectivity index (χ1) is 6.72. The molecule has 0 N–H and O–H groups in total. The van der Waals surface area contributed by atoms with Crippen molar-refractivity contribution < 1.29 is 9.32 Å². The molecule has 76 valence electrons. The Morgan fingerprint density at radius 1 is 1.43 bits per heavy atom. The molecule has 2 nitrogen and oxygen atoms in total. The third-order valence-corrected chi connectivity index (χ3v) is 2.82. The first-order valence-electron chi connectivity index (χ1n) is 4.62. The summed E-state index contributed by atoms with van der Waals surface area (Å²) in [4.78, 5) is 9.99. The number of benzene rings is 1. The predicted octanol–water partition coefficient (Wildman–Crippen LogP) is 2.69. The van der Waals surface area contributed by atoms with Crippen molar-refractivity contribution in [3.8, 4) is 0 Å². The molecule has 1 aromatic carbocycles. The Bertz CT molecular complexity index is 282. The number of rotatable bonds is 5. The van der Waals surface area contributed by atoms with Gasteiger partial charge in [0, 0.05) is 5.66 Å². The van der Waals surface area contributed by atoms with Gasteiger partial charge in [-0.05, 0) is 18.9 Å². The lowest BCUT2D eigenvalue weighted by molar-refractivity contribution is -0.119. The Morgan fingerprint density at radius 3 is 2.64 bits per heavy atom. The maximum absolute atomic E-state index is 9.99. The van der Waals surface area contributed by atoms with Crippen LogP contribution in [0.4, 0.5) is 0 Å². The third kappa shape index (κ3) is 3.89. The fourth-order valence-electron chi connectivity index (χ4n) is 1.26. The van der Waals surface area contributed by atoms with Crippen LogP contribution in [0.5, 0.6) is 0 Å². The molecule has 14 heavy (non-hydrogen) atoms. The van der Waals surface area contributed by atoms with Gasteiger partial charge in [0.25, 0.3) is 6.47 Å². The van der Waals surface area contributed by atoms with E-state index in [2.05, 4.69) is 38.1 Å². The number of carbonyl (C=O) groups excluding carboxylic acids is 1. The summed E-state index contributed by atoms with van der Waals surface area (Å²) < 4.78 is 4.74. The van der Waals surface area contributed by atoms with E-state index in [1.165, 1.54) is 11.1 Å². The third-order valence-electron chi connectivity index (χ3n) is 1.98. The van der Waals surface area contributed by atoms with Gasteiger partial charge in [0.1, 0.15) is 0 Å². The van der Waals surface area contributed by atoms with Gasteiger partial charge in [-0.3, -0.25) is 4.79 Å². The van der Waals surface area contributed by atoms with E-state index >= 15 is 0 Å². The van der Waals surface area contributed by atoms with Crippen molar-refractivity contribution >= 4 is 15.3 Å². The molecule has 0 saturated carbocycles. The summed E-state index contributed by atoms with van der Waals surface area (Å²) >= 11 is 0. The zero-order valence-electron chi connectivity index (χ0n) is 8.49. The normalized spacial score (nSPS) is 13.0. The van der Waals surface area contributed by atoms with Crippen molar-refractivity contribution in [2.45, 2.75) is 25.9 Å². The lowest BCUT2D eigenvalue weighted by atomic mass is 10.1. The molecule has 0 saturated heterocycles. The molecule has 0 aromatic heterocycles. The van der Waals surface area contributed by atoms with E-state index in [1.807, 2.05) is 0 Å². The largest absolute Gasteiger partial charge is 0.450 e. The summed E-state index contributed by atoms with van der Waals surface area (Å²) in [7, 11) is 0.261. The lowest BCUT2D eigenvalue weighted by Crippen LogP contribution is -2.00. The molecule has 2 atom stereocenters. The molecule has 0 bridgehead atoms. The van der Waals surface area contributed by atoms with Gasteiger partial charge in [0.15, 0.2) is 0 Å². The second-order valence-electron chi connectivity index (χ2n) is 3.42. The van der Waals surface area contributed by atoms with E-state index in [-0.39, 0.29) is 8.81 Å².